The summed E-state index contributed by atoms with van der Waals surface area (Å²) in [6.07, 6.45) is 3.13. The van der Waals surface area contributed by atoms with Gasteiger partial charge in [0.15, 0.2) is 0 Å². The van der Waals surface area contributed by atoms with Gasteiger partial charge < -0.3 is 4.74 Å². The first-order valence-corrected chi connectivity index (χ1v) is 8.30. The number of carbonyl (C=O) groups is 1. The van der Waals surface area contributed by atoms with Gasteiger partial charge in [-0.1, -0.05) is 23.2 Å². The highest BCUT2D eigenvalue weighted by molar-refractivity contribution is 6.42. The number of ether oxygens (including phenoxy) is 1. The second-order valence-electron chi connectivity index (χ2n) is 5.26. The van der Waals surface area contributed by atoms with Crippen LogP contribution in [0.2, 0.25) is 10.0 Å². The first kappa shape index (κ1) is 18.0. The van der Waals surface area contributed by atoms with Crippen LogP contribution in [-0.2, 0) is 0 Å². The number of aromatic nitrogens is 2. The van der Waals surface area contributed by atoms with Crippen molar-refractivity contribution in [3.05, 3.63) is 69.8 Å². The number of methoxy groups -OCH3 is 1. The molecule has 6 nitrogen and oxygen atoms in total. The highest BCUT2D eigenvalue weighted by Crippen LogP contribution is 2.23. The highest BCUT2D eigenvalue weighted by Gasteiger charge is 2.08. The first-order chi connectivity index (χ1) is 12.6. The Balaban J connectivity index is 1.72. The Kier molecular flexibility index (Phi) is 5.55. The van der Waals surface area contributed by atoms with Crippen molar-refractivity contribution in [2.45, 2.75) is 0 Å². The van der Waals surface area contributed by atoms with Gasteiger partial charge in [-0.3, -0.25) is 9.89 Å². The smallest absolute Gasteiger partial charge is 0.271 e. The van der Waals surface area contributed by atoms with Crippen molar-refractivity contribution in [2.75, 3.05) is 7.11 Å². The zero-order valence-corrected chi connectivity index (χ0v) is 15.2. The van der Waals surface area contributed by atoms with E-state index >= 15 is 0 Å². The number of halogens is 2. The Morgan fingerprint density at radius 3 is 2.65 bits per heavy atom. The van der Waals surface area contributed by atoms with E-state index in [0.717, 1.165) is 22.6 Å². The average molecular weight is 389 g/mol. The predicted octanol–water partition coefficient (Wildman–Crippen LogP) is 4.16. The number of rotatable bonds is 5. The molecule has 3 rings (SSSR count). The zero-order chi connectivity index (χ0) is 18.5. The summed E-state index contributed by atoms with van der Waals surface area (Å²) in [4.78, 5) is 12.1. The fraction of sp³-hybridized carbons (Fsp3) is 0.0556. The largest absolute Gasteiger partial charge is 0.497 e. The Morgan fingerprint density at radius 1 is 1.19 bits per heavy atom. The van der Waals surface area contributed by atoms with E-state index in [0.29, 0.717) is 15.6 Å². The molecule has 0 aliphatic rings. The van der Waals surface area contributed by atoms with Crippen molar-refractivity contribution >= 4 is 35.3 Å². The average Bonchev–Trinajstić information content (AvgIpc) is 3.12. The van der Waals surface area contributed by atoms with E-state index in [1.165, 1.54) is 12.3 Å². The van der Waals surface area contributed by atoms with Gasteiger partial charge in [0.2, 0.25) is 0 Å². The summed E-state index contributed by atoms with van der Waals surface area (Å²) in [7, 11) is 1.61. The third kappa shape index (κ3) is 4.04. The van der Waals surface area contributed by atoms with Gasteiger partial charge in [-0.2, -0.15) is 10.2 Å². The predicted molar refractivity (Wildman–Crippen MR) is 102 cm³/mol. The Morgan fingerprint density at radius 2 is 1.96 bits per heavy atom. The first-order valence-electron chi connectivity index (χ1n) is 7.54. The van der Waals surface area contributed by atoms with Gasteiger partial charge in [-0.05, 0) is 42.5 Å². The number of aromatic amines is 1. The SMILES string of the molecule is COc1ccc(-c2[nH]ncc2/C=N/NC(=O)c2ccc(Cl)c(Cl)c2)cc1. The summed E-state index contributed by atoms with van der Waals surface area (Å²) >= 11 is 11.8. The van der Waals surface area contributed by atoms with Crippen LogP contribution in [0.4, 0.5) is 0 Å². The van der Waals surface area contributed by atoms with E-state index in [1.54, 1.807) is 25.4 Å². The van der Waals surface area contributed by atoms with E-state index in [-0.39, 0.29) is 0 Å². The van der Waals surface area contributed by atoms with Crippen LogP contribution in [0.25, 0.3) is 11.3 Å². The molecule has 1 aromatic heterocycles. The van der Waals surface area contributed by atoms with Crippen LogP contribution in [0.3, 0.4) is 0 Å². The van der Waals surface area contributed by atoms with E-state index in [1.807, 2.05) is 24.3 Å². The Hall–Kier alpha value is -2.83. The normalized spacial score (nSPS) is 10.9. The minimum atomic E-state index is -0.394. The van der Waals surface area contributed by atoms with Crippen LogP contribution in [-0.4, -0.2) is 29.4 Å². The monoisotopic (exact) mass is 388 g/mol. The number of hydrogen-bond acceptors (Lipinski definition) is 4. The molecule has 132 valence electrons. The molecule has 0 saturated heterocycles. The van der Waals surface area contributed by atoms with Crippen LogP contribution in [0, 0.1) is 0 Å². The number of benzene rings is 2. The summed E-state index contributed by atoms with van der Waals surface area (Å²) in [5.74, 6) is 0.367. The Labute approximate surface area is 159 Å². The van der Waals surface area contributed by atoms with Crippen molar-refractivity contribution in [3.63, 3.8) is 0 Å². The fourth-order valence-corrected chi connectivity index (χ4v) is 2.54. The lowest BCUT2D eigenvalue weighted by Crippen LogP contribution is -2.17. The van der Waals surface area contributed by atoms with Crippen molar-refractivity contribution in [3.8, 4) is 17.0 Å². The van der Waals surface area contributed by atoms with Crippen LogP contribution in [0.15, 0.2) is 53.8 Å². The molecule has 0 atom stereocenters. The van der Waals surface area contributed by atoms with Crippen LogP contribution < -0.4 is 10.2 Å². The molecule has 0 fully saturated rings. The number of nitrogens with one attached hydrogen (secondary N) is 2. The van der Waals surface area contributed by atoms with Gasteiger partial charge in [0.1, 0.15) is 5.75 Å². The molecule has 26 heavy (non-hydrogen) atoms. The maximum Gasteiger partial charge on any atom is 0.271 e. The van der Waals surface area contributed by atoms with E-state index in [9.17, 15) is 4.79 Å². The molecule has 0 saturated carbocycles. The number of carbonyl (C=O) groups excluding carboxylic acids is 1. The molecule has 1 heterocycles. The second kappa shape index (κ2) is 8.03. The maximum absolute atomic E-state index is 12.1. The minimum Gasteiger partial charge on any atom is -0.497 e. The summed E-state index contributed by atoms with van der Waals surface area (Å²) in [6, 6.07) is 12.1. The third-order valence-electron chi connectivity index (χ3n) is 3.60. The quantitative estimate of drug-likeness (QED) is 0.508. The van der Waals surface area contributed by atoms with Gasteiger partial charge in [-0.15, -0.1) is 0 Å². The van der Waals surface area contributed by atoms with Crippen LogP contribution >= 0.6 is 23.2 Å². The number of hydrazone groups is 1. The van der Waals surface area contributed by atoms with Crippen LogP contribution in [0.5, 0.6) is 5.75 Å². The van der Waals surface area contributed by atoms with Crippen LogP contribution in [0.1, 0.15) is 15.9 Å². The van der Waals surface area contributed by atoms with E-state index < -0.39 is 5.91 Å². The molecular formula is C18H14Cl2N4O2. The molecule has 0 spiro atoms. The molecule has 0 bridgehead atoms. The molecule has 0 aliphatic heterocycles. The maximum atomic E-state index is 12.1. The number of hydrogen-bond donors (Lipinski definition) is 2. The van der Waals surface area contributed by atoms with Gasteiger partial charge >= 0.3 is 0 Å². The lowest BCUT2D eigenvalue weighted by atomic mass is 10.1. The molecule has 8 heteroatoms. The summed E-state index contributed by atoms with van der Waals surface area (Å²) < 4.78 is 5.15. The number of amides is 1. The molecule has 0 unspecified atom stereocenters. The topological polar surface area (TPSA) is 79.4 Å². The number of nitrogens with zero attached hydrogens (tertiary/aromatic N) is 2. The van der Waals surface area contributed by atoms with Gasteiger partial charge in [0.05, 0.1) is 35.3 Å². The van der Waals surface area contributed by atoms with Crippen molar-refractivity contribution in [1.29, 1.82) is 0 Å². The summed E-state index contributed by atoms with van der Waals surface area (Å²) in [5, 5.41) is 11.6. The lowest BCUT2D eigenvalue weighted by Gasteiger charge is -2.03. The van der Waals surface area contributed by atoms with Crippen molar-refractivity contribution in [2.24, 2.45) is 5.10 Å². The van der Waals surface area contributed by atoms with Crippen molar-refractivity contribution in [1.82, 2.24) is 15.6 Å². The third-order valence-corrected chi connectivity index (χ3v) is 4.34. The highest BCUT2D eigenvalue weighted by atomic mass is 35.5. The molecule has 2 aromatic carbocycles. The van der Waals surface area contributed by atoms with Crippen molar-refractivity contribution < 1.29 is 9.53 Å². The molecular weight excluding hydrogens is 375 g/mol. The molecule has 1 amide bonds. The standard InChI is InChI=1S/C18H14Cl2N4O2/c1-26-14-5-2-11(3-6-14)17-13(9-21-23-17)10-22-24-18(25)12-4-7-15(19)16(20)8-12/h2-10H,1H3,(H,21,23)(H,24,25)/b22-10+. The van der Waals surface area contributed by atoms with E-state index in [2.05, 4.69) is 20.7 Å². The fourth-order valence-electron chi connectivity index (χ4n) is 2.24. The van der Waals surface area contributed by atoms with E-state index in [4.69, 9.17) is 27.9 Å². The molecule has 3 aromatic rings. The lowest BCUT2D eigenvalue weighted by molar-refractivity contribution is 0.0955. The van der Waals surface area contributed by atoms with Gasteiger partial charge in [-0.25, -0.2) is 5.43 Å². The second-order valence-corrected chi connectivity index (χ2v) is 6.07. The molecule has 2 N–H and O–H groups in total. The summed E-state index contributed by atoms with van der Waals surface area (Å²) in [6.45, 7) is 0. The Bertz CT molecular complexity index is 952. The molecule has 0 radical (unpaired) electrons. The minimum absolute atomic E-state index is 0.305. The zero-order valence-electron chi connectivity index (χ0n) is 13.7. The molecule has 0 aliphatic carbocycles. The van der Waals surface area contributed by atoms with Gasteiger partial charge in [0, 0.05) is 16.7 Å². The number of H-pyrrole nitrogens is 1. The summed E-state index contributed by atoms with van der Waals surface area (Å²) in [5.41, 5.74) is 5.23. The van der Waals surface area contributed by atoms with Gasteiger partial charge in [0.25, 0.3) is 5.91 Å².